The van der Waals surface area contributed by atoms with Gasteiger partial charge >= 0.3 is 58.2 Å². The molecular weight excluding hydrogens is 148 g/mol. The normalized spacial score (nSPS) is 7.00. The minimum Gasteiger partial charge on any atom is -0.473 e. The van der Waals surface area contributed by atoms with E-state index in [2.05, 4.69) is 19.3 Å². The molecule has 0 saturated heterocycles. The summed E-state index contributed by atoms with van der Waals surface area (Å²) < 4.78 is 0. The molecule has 0 bridgehead atoms. The molecule has 0 unspecified atom stereocenters. The maximum atomic E-state index is 3.43. The predicted molar refractivity (Wildman–Crippen MR) is 23.7 cm³/mol. The van der Waals surface area contributed by atoms with Crippen molar-refractivity contribution in [1.82, 2.24) is 5.32 Å². The van der Waals surface area contributed by atoms with Gasteiger partial charge in [-0.25, -0.2) is 0 Å². The molecule has 0 spiro atoms. The molecule has 2 heteroatoms. The Morgan fingerprint density at radius 1 is 1.67 bits per heavy atom. The minimum absolute atomic E-state index is 0. The summed E-state index contributed by atoms with van der Waals surface area (Å²) in [6.45, 7) is 3.14. The second-order valence-corrected chi connectivity index (χ2v) is 1.000. The van der Waals surface area contributed by atoms with Crippen LogP contribution >= 0.6 is 0 Å². The summed E-state index contributed by atoms with van der Waals surface area (Å²) in [5.74, 6) is 0. The summed E-state index contributed by atoms with van der Waals surface area (Å²) in [5.41, 5.74) is 0. The van der Waals surface area contributed by atoms with E-state index >= 15 is 0 Å². The van der Waals surface area contributed by atoms with E-state index < -0.39 is 0 Å². The van der Waals surface area contributed by atoms with E-state index in [1.54, 1.807) is 0 Å². The maximum absolute atomic E-state index is 3.43. The van der Waals surface area contributed by atoms with Gasteiger partial charge in [0, 0.05) is 0 Å². The Morgan fingerprint density at radius 3 is 2.17 bits per heavy atom. The number of nitrogens with one attached hydrogen (secondary N) is 1. The Kier molecular flexibility index (Phi) is 17.6. The first kappa shape index (κ1) is 10.7. The number of hydrogen-bond acceptors (Lipinski definition) is 1. The molecule has 0 amide bonds. The van der Waals surface area contributed by atoms with E-state index in [0.29, 0.717) is 0 Å². The summed E-state index contributed by atoms with van der Waals surface area (Å²) >= 11 is 0. The summed E-state index contributed by atoms with van der Waals surface area (Å²) in [6.07, 6.45) is 1.17. The first-order valence-corrected chi connectivity index (χ1v) is 1.91. The minimum atomic E-state index is 0. The van der Waals surface area contributed by atoms with E-state index in [-0.39, 0.29) is 58.2 Å². The van der Waals surface area contributed by atoms with Gasteiger partial charge in [0.05, 0.1) is 0 Å². The van der Waals surface area contributed by atoms with Crippen LogP contribution in [0, 0.1) is 7.05 Å². The molecule has 0 radical (unpaired) electrons. The zero-order chi connectivity index (χ0) is 4.12. The summed E-state index contributed by atoms with van der Waals surface area (Å²) in [5, 5.41) is 2.77. The average molecular weight is 158 g/mol. The second kappa shape index (κ2) is 9.90. The Morgan fingerprint density at radius 2 is 2.17 bits per heavy atom. The molecule has 6 heavy (non-hydrogen) atoms. The fraction of sp³-hybridized carbons (Fsp3) is 0.750. The van der Waals surface area contributed by atoms with Gasteiger partial charge in [-0.15, -0.1) is 0 Å². The predicted octanol–water partition coefficient (Wildman–Crippen LogP) is -2.22. The van der Waals surface area contributed by atoms with Gasteiger partial charge in [0.25, 0.3) is 0 Å². The van der Waals surface area contributed by atoms with Gasteiger partial charge < -0.3 is 5.32 Å². The SMILES string of the molecule is [CH2-]NCCC.[Rb+]. The van der Waals surface area contributed by atoms with Crippen LogP contribution in [0.1, 0.15) is 13.3 Å². The zero-order valence-electron chi connectivity index (χ0n) is 4.62. The third-order valence-electron chi connectivity index (χ3n) is 0.427. The molecule has 0 atom stereocenters. The van der Waals surface area contributed by atoms with Crippen LogP contribution in [0.25, 0.3) is 0 Å². The Bertz CT molecular complexity index is 15.0. The summed E-state index contributed by atoms with van der Waals surface area (Å²) in [4.78, 5) is 0. The van der Waals surface area contributed by atoms with Crippen LogP contribution in [0.4, 0.5) is 0 Å². The molecule has 0 aromatic heterocycles. The van der Waals surface area contributed by atoms with Crippen molar-refractivity contribution in [3.8, 4) is 0 Å². The molecule has 0 aliphatic carbocycles. The van der Waals surface area contributed by atoms with Crippen LogP contribution in [0.2, 0.25) is 0 Å². The maximum Gasteiger partial charge on any atom is 1.00 e. The van der Waals surface area contributed by atoms with E-state index in [4.69, 9.17) is 0 Å². The van der Waals surface area contributed by atoms with Gasteiger partial charge in [-0.2, -0.15) is 0 Å². The average Bonchev–Trinajstić information content (AvgIpc) is 1.41. The Hall–Kier alpha value is 1.77. The van der Waals surface area contributed by atoms with Crippen LogP contribution in [-0.4, -0.2) is 6.54 Å². The molecular formula is C4H10NRb. The van der Waals surface area contributed by atoms with Crippen molar-refractivity contribution < 1.29 is 58.2 Å². The Balaban J connectivity index is 0. The number of hydrogen-bond donors (Lipinski definition) is 1. The second-order valence-electron chi connectivity index (χ2n) is 1.000. The van der Waals surface area contributed by atoms with Crippen molar-refractivity contribution in [2.24, 2.45) is 0 Å². The first-order valence-electron chi connectivity index (χ1n) is 1.91. The van der Waals surface area contributed by atoms with E-state index in [1.807, 2.05) is 0 Å². The fourth-order valence-electron chi connectivity index (χ4n) is 0.177. The van der Waals surface area contributed by atoms with Gasteiger partial charge in [0.15, 0.2) is 0 Å². The van der Waals surface area contributed by atoms with Crippen LogP contribution in [0.15, 0.2) is 0 Å². The molecule has 1 nitrogen and oxygen atoms in total. The fourth-order valence-corrected chi connectivity index (χ4v) is 0.177. The Labute approximate surface area is 88.7 Å². The van der Waals surface area contributed by atoms with Crippen molar-refractivity contribution >= 4 is 0 Å². The molecule has 0 saturated carbocycles. The van der Waals surface area contributed by atoms with Gasteiger partial charge in [-0.3, -0.25) is 7.05 Å². The van der Waals surface area contributed by atoms with Crippen molar-refractivity contribution in [3.05, 3.63) is 7.05 Å². The summed E-state index contributed by atoms with van der Waals surface area (Å²) in [6, 6.07) is 0. The van der Waals surface area contributed by atoms with E-state index in [9.17, 15) is 0 Å². The van der Waals surface area contributed by atoms with Crippen LogP contribution in [0.5, 0.6) is 0 Å². The van der Waals surface area contributed by atoms with Gasteiger partial charge in [0.1, 0.15) is 0 Å². The standard InChI is InChI=1S/C4H10N.Rb/c1-3-4-5-2;/h5H,2-4H2,1H3;/q-1;+1. The van der Waals surface area contributed by atoms with Crippen molar-refractivity contribution in [1.29, 1.82) is 0 Å². The topological polar surface area (TPSA) is 12.0 Å². The third kappa shape index (κ3) is 9.23. The molecule has 0 aliphatic rings. The van der Waals surface area contributed by atoms with Gasteiger partial charge in [-0.05, 0) is 13.0 Å². The van der Waals surface area contributed by atoms with Gasteiger partial charge in [-0.1, -0.05) is 6.92 Å². The molecule has 0 heterocycles. The molecule has 0 rings (SSSR count). The monoisotopic (exact) mass is 157 g/mol. The van der Waals surface area contributed by atoms with Crippen LogP contribution < -0.4 is 63.5 Å². The zero-order valence-corrected chi connectivity index (χ0v) is 9.54. The number of rotatable bonds is 2. The van der Waals surface area contributed by atoms with Crippen molar-refractivity contribution in [2.45, 2.75) is 13.3 Å². The molecule has 32 valence electrons. The van der Waals surface area contributed by atoms with Crippen molar-refractivity contribution in [3.63, 3.8) is 0 Å². The van der Waals surface area contributed by atoms with E-state index in [1.165, 1.54) is 6.42 Å². The van der Waals surface area contributed by atoms with Crippen molar-refractivity contribution in [2.75, 3.05) is 6.54 Å². The first-order chi connectivity index (χ1) is 2.41. The molecule has 0 aromatic rings. The molecule has 0 aliphatic heterocycles. The van der Waals surface area contributed by atoms with E-state index in [0.717, 1.165) is 6.54 Å². The smallest absolute Gasteiger partial charge is 0.473 e. The largest absolute Gasteiger partial charge is 1.00 e. The third-order valence-corrected chi connectivity index (χ3v) is 0.427. The molecule has 0 aromatic carbocycles. The van der Waals surface area contributed by atoms with Crippen LogP contribution in [0.3, 0.4) is 0 Å². The van der Waals surface area contributed by atoms with Crippen LogP contribution in [-0.2, 0) is 0 Å². The summed E-state index contributed by atoms with van der Waals surface area (Å²) in [7, 11) is 3.43. The molecule has 1 N–H and O–H groups in total. The molecule has 0 fully saturated rings. The quantitative estimate of drug-likeness (QED) is 0.448. The van der Waals surface area contributed by atoms with Gasteiger partial charge in [0.2, 0.25) is 0 Å².